The van der Waals surface area contributed by atoms with Crippen LogP contribution in [0.5, 0.6) is 0 Å². The van der Waals surface area contributed by atoms with Crippen LogP contribution in [0.1, 0.15) is 40.2 Å². The van der Waals surface area contributed by atoms with Gasteiger partial charge in [0.1, 0.15) is 0 Å². The Bertz CT molecular complexity index is 466. The fourth-order valence-electron chi connectivity index (χ4n) is 3.35. The van der Waals surface area contributed by atoms with E-state index in [4.69, 9.17) is 0 Å². The predicted molar refractivity (Wildman–Crippen MR) is 68.5 cm³/mol. The van der Waals surface area contributed by atoms with E-state index < -0.39 is 0 Å². The summed E-state index contributed by atoms with van der Waals surface area (Å²) in [5.41, 5.74) is 3.55. The van der Waals surface area contributed by atoms with Crippen LogP contribution in [0.2, 0.25) is 0 Å². The highest BCUT2D eigenvalue weighted by molar-refractivity contribution is 5.99. The van der Waals surface area contributed by atoms with Gasteiger partial charge in [0.2, 0.25) is 0 Å². The first kappa shape index (κ1) is 11.0. The first-order valence-corrected chi connectivity index (χ1v) is 6.47. The van der Waals surface area contributed by atoms with E-state index in [9.17, 15) is 4.79 Å². The number of hydrogen-bond donors (Lipinski definition) is 0. The standard InChI is InChI=1S/C15H19NO/c1-10-3-4-12-13(7-10)14-9-16(2)6-5-11(14)8-15(12)17/h3-4,7,11,14H,5-6,8-9H2,1-2H3/t11-,14-/m0/s1. The number of nitrogens with zero attached hydrogens (tertiary/aromatic N) is 1. The van der Waals surface area contributed by atoms with Crippen molar-refractivity contribution in [2.24, 2.45) is 5.92 Å². The lowest BCUT2D eigenvalue weighted by molar-refractivity contribution is 0.0887. The number of fused-ring (bicyclic) bond motifs is 3. The molecule has 0 spiro atoms. The second kappa shape index (κ2) is 3.95. The molecule has 1 aliphatic carbocycles. The monoisotopic (exact) mass is 229 g/mol. The molecule has 0 unspecified atom stereocenters. The van der Waals surface area contributed by atoms with Crippen molar-refractivity contribution in [2.45, 2.75) is 25.7 Å². The number of ketones is 1. The van der Waals surface area contributed by atoms with Crippen LogP contribution in [0.3, 0.4) is 0 Å². The molecule has 0 amide bonds. The van der Waals surface area contributed by atoms with Gasteiger partial charge >= 0.3 is 0 Å². The topological polar surface area (TPSA) is 20.3 Å². The molecule has 0 bridgehead atoms. The van der Waals surface area contributed by atoms with Crippen LogP contribution in [0.4, 0.5) is 0 Å². The molecule has 1 saturated heterocycles. The van der Waals surface area contributed by atoms with E-state index in [2.05, 4.69) is 31.0 Å². The van der Waals surface area contributed by atoms with Crippen molar-refractivity contribution in [2.75, 3.05) is 20.1 Å². The lowest BCUT2D eigenvalue weighted by Crippen LogP contribution is -2.40. The van der Waals surface area contributed by atoms with Gasteiger partial charge in [0.15, 0.2) is 5.78 Å². The molecule has 2 heteroatoms. The third kappa shape index (κ3) is 1.81. The number of carbonyl (C=O) groups is 1. The van der Waals surface area contributed by atoms with Gasteiger partial charge < -0.3 is 4.90 Å². The van der Waals surface area contributed by atoms with E-state index in [-0.39, 0.29) is 0 Å². The van der Waals surface area contributed by atoms with Crippen molar-refractivity contribution in [3.8, 4) is 0 Å². The van der Waals surface area contributed by atoms with E-state index in [1.165, 1.54) is 17.5 Å². The number of aryl methyl sites for hydroxylation is 1. The molecule has 0 aromatic heterocycles. The zero-order chi connectivity index (χ0) is 12.0. The maximum atomic E-state index is 12.1. The molecule has 1 aliphatic heterocycles. The summed E-state index contributed by atoms with van der Waals surface area (Å²) >= 11 is 0. The Labute approximate surface area is 103 Å². The number of rotatable bonds is 0. The second-order valence-electron chi connectivity index (χ2n) is 5.64. The molecule has 1 fully saturated rings. The van der Waals surface area contributed by atoms with Crippen molar-refractivity contribution in [3.05, 3.63) is 34.9 Å². The van der Waals surface area contributed by atoms with Crippen LogP contribution in [-0.4, -0.2) is 30.8 Å². The maximum Gasteiger partial charge on any atom is 0.163 e. The molecule has 3 rings (SSSR count). The summed E-state index contributed by atoms with van der Waals surface area (Å²) in [6.07, 6.45) is 1.93. The minimum Gasteiger partial charge on any atom is -0.306 e. The summed E-state index contributed by atoms with van der Waals surface area (Å²) in [5, 5.41) is 0. The summed E-state index contributed by atoms with van der Waals surface area (Å²) in [5.74, 6) is 1.50. The summed E-state index contributed by atoms with van der Waals surface area (Å²) in [6.45, 7) is 4.35. The number of carbonyl (C=O) groups excluding carboxylic acids is 1. The normalized spacial score (nSPS) is 28.7. The van der Waals surface area contributed by atoms with Gasteiger partial charge in [0.05, 0.1) is 0 Å². The number of Topliss-reactive ketones (excluding diaryl/α,β-unsaturated/α-hetero) is 1. The van der Waals surface area contributed by atoms with Gasteiger partial charge in [-0.25, -0.2) is 0 Å². The number of hydrogen-bond acceptors (Lipinski definition) is 2. The zero-order valence-electron chi connectivity index (χ0n) is 10.6. The van der Waals surface area contributed by atoms with Gasteiger partial charge in [-0.1, -0.05) is 23.8 Å². The van der Waals surface area contributed by atoms with E-state index >= 15 is 0 Å². The average molecular weight is 229 g/mol. The van der Waals surface area contributed by atoms with E-state index in [0.29, 0.717) is 17.6 Å². The van der Waals surface area contributed by atoms with Crippen LogP contribution < -0.4 is 0 Å². The Morgan fingerprint density at radius 3 is 3.00 bits per heavy atom. The van der Waals surface area contributed by atoms with Crippen LogP contribution in [0.25, 0.3) is 0 Å². The molecular weight excluding hydrogens is 210 g/mol. The largest absolute Gasteiger partial charge is 0.306 e. The molecule has 0 N–H and O–H groups in total. The molecule has 2 nitrogen and oxygen atoms in total. The Hall–Kier alpha value is -1.15. The second-order valence-corrected chi connectivity index (χ2v) is 5.64. The number of piperidine rings is 1. The van der Waals surface area contributed by atoms with Crippen molar-refractivity contribution in [1.82, 2.24) is 4.90 Å². The smallest absolute Gasteiger partial charge is 0.163 e. The van der Waals surface area contributed by atoms with E-state index in [0.717, 1.165) is 25.1 Å². The predicted octanol–water partition coefficient (Wildman–Crippen LogP) is 2.62. The van der Waals surface area contributed by atoms with E-state index in [1.54, 1.807) is 0 Å². The zero-order valence-corrected chi connectivity index (χ0v) is 10.6. The fourth-order valence-corrected chi connectivity index (χ4v) is 3.35. The Kier molecular flexibility index (Phi) is 2.55. The van der Waals surface area contributed by atoms with Crippen LogP contribution >= 0.6 is 0 Å². The number of likely N-dealkylation sites (N-methyl/N-ethyl adjacent to an activating group) is 1. The van der Waals surface area contributed by atoms with Crippen LogP contribution in [0.15, 0.2) is 18.2 Å². The maximum absolute atomic E-state index is 12.1. The fraction of sp³-hybridized carbons (Fsp3) is 0.533. The van der Waals surface area contributed by atoms with Gasteiger partial charge in [-0.05, 0) is 38.4 Å². The molecule has 2 aliphatic rings. The molecule has 1 heterocycles. The first-order chi connectivity index (χ1) is 8.15. The van der Waals surface area contributed by atoms with Gasteiger partial charge in [0.25, 0.3) is 0 Å². The van der Waals surface area contributed by atoms with Gasteiger partial charge in [0, 0.05) is 24.4 Å². The van der Waals surface area contributed by atoms with Gasteiger partial charge in [-0.3, -0.25) is 4.79 Å². The van der Waals surface area contributed by atoms with Gasteiger partial charge in [-0.15, -0.1) is 0 Å². The van der Waals surface area contributed by atoms with Crippen LogP contribution in [0, 0.1) is 12.8 Å². The summed E-state index contributed by atoms with van der Waals surface area (Å²) in [6, 6.07) is 6.31. The summed E-state index contributed by atoms with van der Waals surface area (Å²) < 4.78 is 0. The number of benzene rings is 1. The molecule has 17 heavy (non-hydrogen) atoms. The van der Waals surface area contributed by atoms with Gasteiger partial charge in [-0.2, -0.15) is 0 Å². The molecule has 1 aromatic rings. The van der Waals surface area contributed by atoms with Crippen molar-refractivity contribution in [3.63, 3.8) is 0 Å². The molecule has 0 radical (unpaired) electrons. The highest BCUT2D eigenvalue weighted by Crippen LogP contribution is 2.41. The summed E-state index contributed by atoms with van der Waals surface area (Å²) in [7, 11) is 2.18. The molecule has 0 saturated carbocycles. The highest BCUT2D eigenvalue weighted by Gasteiger charge is 2.36. The Morgan fingerprint density at radius 2 is 2.18 bits per heavy atom. The van der Waals surface area contributed by atoms with Crippen LogP contribution in [-0.2, 0) is 0 Å². The molecule has 1 aromatic carbocycles. The third-order valence-corrected chi connectivity index (χ3v) is 4.31. The minimum atomic E-state index is 0.353. The highest BCUT2D eigenvalue weighted by atomic mass is 16.1. The first-order valence-electron chi connectivity index (χ1n) is 6.47. The minimum absolute atomic E-state index is 0.353. The lowest BCUT2D eigenvalue weighted by atomic mass is 9.71. The molecule has 2 atom stereocenters. The van der Waals surface area contributed by atoms with E-state index in [1.807, 2.05) is 6.07 Å². The van der Waals surface area contributed by atoms with Crippen molar-refractivity contribution >= 4 is 5.78 Å². The third-order valence-electron chi connectivity index (χ3n) is 4.31. The average Bonchev–Trinajstić information content (AvgIpc) is 2.30. The van der Waals surface area contributed by atoms with Crippen molar-refractivity contribution in [1.29, 1.82) is 0 Å². The SMILES string of the molecule is Cc1ccc2c(c1)[C@H]1CN(C)CC[C@H]1CC2=O. The van der Waals surface area contributed by atoms with Crippen molar-refractivity contribution < 1.29 is 4.79 Å². The quantitative estimate of drug-likeness (QED) is 0.681. The lowest BCUT2D eigenvalue weighted by Gasteiger charge is -2.40. The number of likely N-dealkylation sites (tertiary alicyclic amines) is 1. The molecular formula is C15H19NO. The summed E-state index contributed by atoms with van der Waals surface area (Å²) in [4.78, 5) is 14.5. The Balaban J connectivity index is 2.06. The Morgan fingerprint density at radius 1 is 1.35 bits per heavy atom. The molecule has 90 valence electrons.